The first-order valence-electron chi connectivity index (χ1n) is 10.8. The Labute approximate surface area is 169 Å². The molecule has 0 atom stereocenters. The third kappa shape index (κ3) is 4.19. The standard InChI is InChI=1S/C24H34N2O2/c1-18(2)20-4-6-21(7-5-20)24-16-22(17-25-10-14-28-15-11-25)19(3)26(24)23-8-12-27-13-9-23/h4-7,16,18,23H,8-15,17H2,1-3H3. The van der Waals surface area contributed by atoms with Crippen molar-refractivity contribution in [2.75, 3.05) is 39.5 Å². The molecule has 0 aliphatic carbocycles. The lowest BCUT2D eigenvalue weighted by atomic mass is 10.0. The largest absolute Gasteiger partial charge is 0.381 e. The highest BCUT2D eigenvalue weighted by atomic mass is 16.5. The van der Waals surface area contributed by atoms with Gasteiger partial charge in [-0.25, -0.2) is 0 Å². The van der Waals surface area contributed by atoms with Gasteiger partial charge in [-0.2, -0.15) is 0 Å². The molecule has 2 fully saturated rings. The Balaban J connectivity index is 1.68. The molecule has 4 rings (SSSR count). The second kappa shape index (κ2) is 8.81. The molecule has 0 amide bonds. The number of benzene rings is 1. The van der Waals surface area contributed by atoms with Gasteiger partial charge in [0.2, 0.25) is 0 Å². The van der Waals surface area contributed by atoms with Crippen LogP contribution in [0.3, 0.4) is 0 Å². The molecule has 0 unspecified atom stereocenters. The number of hydrogen-bond donors (Lipinski definition) is 0. The van der Waals surface area contributed by atoms with Gasteiger partial charge in [0.05, 0.1) is 13.2 Å². The molecule has 0 bridgehead atoms. The van der Waals surface area contributed by atoms with E-state index in [2.05, 4.69) is 60.6 Å². The van der Waals surface area contributed by atoms with E-state index in [0.717, 1.165) is 58.9 Å². The summed E-state index contributed by atoms with van der Waals surface area (Å²) in [7, 11) is 0. The van der Waals surface area contributed by atoms with Gasteiger partial charge in [-0.3, -0.25) is 4.90 Å². The molecule has 1 aromatic carbocycles. The van der Waals surface area contributed by atoms with Crippen molar-refractivity contribution in [3.8, 4) is 11.3 Å². The SMILES string of the molecule is Cc1c(CN2CCOCC2)cc(-c2ccc(C(C)C)cc2)n1C1CCOCC1. The quantitative estimate of drug-likeness (QED) is 0.745. The van der Waals surface area contributed by atoms with E-state index in [1.54, 1.807) is 0 Å². The van der Waals surface area contributed by atoms with Gasteiger partial charge in [0.25, 0.3) is 0 Å². The van der Waals surface area contributed by atoms with Crippen molar-refractivity contribution >= 4 is 0 Å². The molecule has 3 heterocycles. The third-order valence-electron chi connectivity index (χ3n) is 6.32. The Morgan fingerprint density at radius 2 is 1.61 bits per heavy atom. The molecule has 4 nitrogen and oxygen atoms in total. The van der Waals surface area contributed by atoms with E-state index in [4.69, 9.17) is 9.47 Å². The molecule has 152 valence electrons. The smallest absolute Gasteiger partial charge is 0.0594 e. The lowest BCUT2D eigenvalue weighted by molar-refractivity contribution is 0.0340. The number of ether oxygens (including phenoxy) is 2. The number of hydrogen-bond acceptors (Lipinski definition) is 3. The van der Waals surface area contributed by atoms with Gasteiger partial charge in [-0.15, -0.1) is 0 Å². The van der Waals surface area contributed by atoms with Gasteiger partial charge in [-0.1, -0.05) is 38.1 Å². The van der Waals surface area contributed by atoms with Crippen LogP contribution in [0.1, 0.15) is 55.5 Å². The number of aromatic nitrogens is 1. The highest BCUT2D eigenvalue weighted by molar-refractivity contribution is 5.63. The maximum Gasteiger partial charge on any atom is 0.0594 e. The van der Waals surface area contributed by atoms with E-state index >= 15 is 0 Å². The van der Waals surface area contributed by atoms with Crippen molar-refractivity contribution in [2.45, 2.75) is 52.1 Å². The molecule has 2 aliphatic rings. The highest BCUT2D eigenvalue weighted by Gasteiger charge is 2.24. The number of nitrogens with zero attached hydrogens (tertiary/aromatic N) is 2. The average Bonchev–Trinajstić information content (AvgIpc) is 3.05. The molecule has 0 saturated carbocycles. The fourth-order valence-electron chi connectivity index (χ4n) is 4.51. The molecule has 0 N–H and O–H groups in total. The van der Waals surface area contributed by atoms with Crippen LogP contribution in [-0.2, 0) is 16.0 Å². The maximum absolute atomic E-state index is 5.64. The first-order valence-corrected chi connectivity index (χ1v) is 10.8. The van der Waals surface area contributed by atoms with Crippen molar-refractivity contribution in [3.05, 3.63) is 47.2 Å². The van der Waals surface area contributed by atoms with Crippen LogP contribution in [0.15, 0.2) is 30.3 Å². The predicted molar refractivity (Wildman–Crippen MR) is 114 cm³/mol. The Kier molecular flexibility index (Phi) is 6.19. The zero-order chi connectivity index (χ0) is 19.5. The molecule has 2 aliphatic heterocycles. The summed E-state index contributed by atoms with van der Waals surface area (Å²) in [5.74, 6) is 0.565. The third-order valence-corrected chi connectivity index (χ3v) is 6.32. The first-order chi connectivity index (χ1) is 13.6. The molecule has 28 heavy (non-hydrogen) atoms. The molecule has 0 radical (unpaired) electrons. The van der Waals surface area contributed by atoms with Crippen LogP contribution in [0.25, 0.3) is 11.3 Å². The van der Waals surface area contributed by atoms with E-state index in [9.17, 15) is 0 Å². The zero-order valence-electron chi connectivity index (χ0n) is 17.6. The fraction of sp³-hybridized carbons (Fsp3) is 0.583. The summed E-state index contributed by atoms with van der Waals surface area (Å²) in [6.45, 7) is 13.3. The molecule has 2 saturated heterocycles. The summed E-state index contributed by atoms with van der Waals surface area (Å²) < 4.78 is 13.8. The van der Waals surface area contributed by atoms with Crippen molar-refractivity contribution in [1.29, 1.82) is 0 Å². The Morgan fingerprint density at radius 3 is 2.25 bits per heavy atom. The maximum atomic E-state index is 5.64. The summed E-state index contributed by atoms with van der Waals surface area (Å²) in [5, 5.41) is 0. The van der Waals surface area contributed by atoms with E-state index in [1.165, 1.54) is 28.1 Å². The van der Waals surface area contributed by atoms with Crippen LogP contribution in [0.4, 0.5) is 0 Å². The minimum atomic E-state index is 0.534. The van der Waals surface area contributed by atoms with Crippen molar-refractivity contribution < 1.29 is 9.47 Å². The van der Waals surface area contributed by atoms with Gasteiger partial charge in [-0.05, 0) is 48.4 Å². The highest BCUT2D eigenvalue weighted by Crippen LogP contribution is 2.34. The minimum Gasteiger partial charge on any atom is -0.381 e. The minimum absolute atomic E-state index is 0.534. The summed E-state index contributed by atoms with van der Waals surface area (Å²) in [6, 6.07) is 12.2. The zero-order valence-corrected chi connectivity index (χ0v) is 17.6. The summed E-state index contributed by atoms with van der Waals surface area (Å²) >= 11 is 0. The van der Waals surface area contributed by atoms with E-state index < -0.39 is 0 Å². The van der Waals surface area contributed by atoms with Crippen LogP contribution in [0, 0.1) is 6.92 Å². The molecular weight excluding hydrogens is 348 g/mol. The molecular formula is C24H34N2O2. The monoisotopic (exact) mass is 382 g/mol. The van der Waals surface area contributed by atoms with Gasteiger partial charge in [0.15, 0.2) is 0 Å². The lowest BCUT2D eigenvalue weighted by Crippen LogP contribution is -2.35. The lowest BCUT2D eigenvalue weighted by Gasteiger charge is -2.28. The normalized spacial score (nSPS) is 19.4. The van der Waals surface area contributed by atoms with Gasteiger partial charge in [0, 0.05) is 50.3 Å². The Bertz CT molecular complexity index is 767. The van der Waals surface area contributed by atoms with Crippen LogP contribution < -0.4 is 0 Å². The van der Waals surface area contributed by atoms with Crippen molar-refractivity contribution in [3.63, 3.8) is 0 Å². The molecule has 4 heteroatoms. The van der Waals surface area contributed by atoms with E-state index in [1.807, 2.05) is 0 Å². The van der Waals surface area contributed by atoms with Gasteiger partial charge >= 0.3 is 0 Å². The molecule has 1 aromatic heterocycles. The average molecular weight is 383 g/mol. The van der Waals surface area contributed by atoms with Crippen LogP contribution in [-0.4, -0.2) is 49.0 Å². The van der Waals surface area contributed by atoms with Crippen molar-refractivity contribution in [2.24, 2.45) is 0 Å². The Hall–Kier alpha value is -1.62. The van der Waals surface area contributed by atoms with Crippen LogP contribution in [0.2, 0.25) is 0 Å². The number of morpholine rings is 1. The Morgan fingerprint density at radius 1 is 0.964 bits per heavy atom. The molecule has 2 aromatic rings. The fourth-order valence-corrected chi connectivity index (χ4v) is 4.51. The van der Waals surface area contributed by atoms with E-state index in [0.29, 0.717) is 12.0 Å². The van der Waals surface area contributed by atoms with Crippen molar-refractivity contribution in [1.82, 2.24) is 9.47 Å². The summed E-state index contributed by atoms with van der Waals surface area (Å²) in [5.41, 5.74) is 6.96. The van der Waals surface area contributed by atoms with Crippen LogP contribution in [0.5, 0.6) is 0 Å². The summed E-state index contributed by atoms with van der Waals surface area (Å²) in [6.07, 6.45) is 2.20. The molecule has 0 spiro atoms. The predicted octanol–water partition coefficient (Wildman–Crippen LogP) is 4.77. The van der Waals surface area contributed by atoms with E-state index in [-0.39, 0.29) is 0 Å². The topological polar surface area (TPSA) is 26.6 Å². The second-order valence-electron chi connectivity index (χ2n) is 8.52. The van der Waals surface area contributed by atoms with Gasteiger partial charge in [0.1, 0.15) is 0 Å². The second-order valence-corrected chi connectivity index (χ2v) is 8.52. The first kappa shape index (κ1) is 19.7. The van der Waals surface area contributed by atoms with Gasteiger partial charge < -0.3 is 14.0 Å². The summed E-state index contributed by atoms with van der Waals surface area (Å²) in [4.78, 5) is 2.52. The number of rotatable bonds is 5. The van der Waals surface area contributed by atoms with Crippen LogP contribution >= 0.6 is 0 Å².